The van der Waals surface area contributed by atoms with Gasteiger partial charge in [0.25, 0.3) is 0 Å². The molecule has 0 bridgehead atoms. The van der Waals surface area contributed by atoms with Gasteiger partial charge < -0.3 is 16.0 Å². The number of thiocarbonyl (C=S) groups is 1. The van der Waals surface area contributed by atoms with Crippen LogP contribution >= 0.6 is 12.2 Å². The van der Waals surface area contributed by atoms with Gasteiger partial charge in [0.2, 0.25) is 0 Å². The Morgan fingerprint density at radius 3 is 2.88 bits per heavy atom. The van der Waals surface area contributed by atoms with Crippen molar-refractivity contribution >= 4 is 17.7 Å². The number of hydrogen-bond donors (Lipinski definition) is 2. The van der Waals surface area contributed by atoms with Crippen LogP contribution in [0.25, 0.3) is 0 Å². The number of hydrogen-bond acceptors (Lipinski definition) is 4. The molecule has 0 fully saturated rings. The van der Waals surface area contributed by atoms with E-state index in [0.717, 1.165) is 25.1 Å². The van der Waals surface area contributed by atoms with E-state index in [1.54, 1.807) is 0 Å². The number of nitriles is 1. The van der Waals surface area contributed by atoms with Gasteiger partial charge in [0.1, 0.15) is 11.9 Å². The van der Waals surface area contributed by atoms with Crippen molar-refractivity contribution in [3.8, 4) is 6.07 Å². The average molecular weight is 236 g/mol. The highest BCUT2D eigenvalue weighted by atomic mass is 32.1. The molecule has 0 unspecified atom stereocenters. The third kappa shape index (κ3) is 2.81. The van der Waals surface area contributed by atoms with E-state index in [1.807, 2.05) is 6.92 Å². The molecule has 0 spiro atoms. The van der Waals surface area contributed by atoms with Crippen LogP contribution in [0.4, 0.5) is 0 Å². The molecule has 0 saturated heterocycles. The van der Waals surface area contributed by atoms with E-state index in [9.17, 15) is 0 Å². The largest absolute Gasteiger partial charge is 0.384 e. The zero-order valence-corrected chi connectivity index (χ0v) is 10.4. The molecule has 4 nitrogen and oxygen atoms in total. The van der Waals surface area contributed by atoms with Crippen LogP contribution in [0.1, 0.15) is 13.3 Å². The number of rotatable bonds is 3. The first-order valence-corrected chi connectivity index (χ1v) is 5.54. The molecule has 0 aromatic rings. The molecule has 0 amide bonds. The van der Waals surface area contributed by atoms with Gasteiger partial charge in [-0.25, -0.2) is 0 Å². The molecule has 0 radical (unpaired) electrons. The van der Waals surface area contributed by atoms with Crippen molar-refractivity contribution in [1.29, 1.82) is 5.26 Å². The molecule has 0 aliphatic carbocycles. The van der Waals surface area contributed by atoms with Gasteiger partial charge >= 0.3 is 0 Å². The Kier molecular flexibility index (Phi) is 4.47. The lowest BCUT2D eigenvalue weighted by molar-refractivity contribution is 0.349. The van der Waals surface area contributed by atoms with E-state index in [1.165, 1.54) is 11.1 Å². The molecular weight excluding hydrogens is 220 g/mol. The highest BCUT2D eigenvalue weighted by Crippen LogP contribution is 2.23. The van der Waals surface area contributed by atoms with Gasteiger partial charge in [-0.05, 0) is 26.0 Å². The Morgan fingerprint density at radius 1 is 1.69 bits per heavy atom. The quantitative estimate of drug-likeness (QED) is 0.562. The lowest BCUT2D eigenvalue weighted by atomic mass is 9.95. The summed E-state index contributed by atoms with van der Waals surface area (Å²) in [5.41, 5.74) is 9.84. The predicted molar refractivity (Wildman–Crippen MR) is 68.4 cm³/mol. The highest BCUT2D eigenvalue weighted by molar-refractivity contribution is 7.78. The van der Waals surface area contributed by atoms with E-state index in [-0.39, 0.29) is 0 Å². The van der Waals surface area contributed by atoms with Crippen molar-refractivity contribution in [2.75, 3.05) is 20.1 Å². The van der Waals surface area contributed by atoms with Gasteiger partial charge in [-0.3, -0.25) is 0 Å². The molecule has 16 heavy (non-hydrogen) atoms. The van der Waals surface area contributed by atoms with E-state index < -0.39 is 0 Å². The second kappa shape index (κ2) is 5.64. The number of nitrogens with two attached hydrogens (primary N) is 1. The van der Waals surface area contributed by atoms with Crippen LogP contribution in [0.2, 0.25) is 0 Å². The third-order valence-corrected chi connectivity index (χ3v) is 2.78. The fraction of sp³-hybridized carbons (Fsp3) is 0.455. The minimum Gasteiger partial charge on any atom is -0.384 e. The first kappa shape index (κ1) is 12.7. The van der Waals surface area contributed by atoms with Crippen LogP contribution in [0.5, 0.6) is 0 Å². The summed E-state index contributed by atoms with van der Waals surface area (Å²) in [7, 11) is 2.06. The molecule has 1 aliphatic rings. The third-order valence-electron chi connectivity index (χ3n) is 2.66. The van der Waals surface area contributed by atoms with E-state index in [2.05, 4.69) is 35.6 Å². The van der Waals surface area contributed by atoms with Gasteiger partial charge in [0.05, 0.1) is 11.1 Å². The smallest absolute Gasteiger partial charge is 0.119 e. The summed E-state index contributed by atoms with van der Waals surface area (Å²) in [4.78, 5) is 2.22. The minimum atomic E-state index is 0.344. The van der Waals surface area contributed by atoms with Crippen molar-refractivity contribution in [2.24, 2.45) is 5.73 Å². The first-order chi connectivity index (χ1) is 7.60. The Labute approximate surface area is 101 Å². The summed E-state index contributed by atoms with van der Waals surface area (Å²) in [5.74, 6) is 0.344. The van der Waals surface area contributed by atoms with Gasteiger partial charge in [0.15, 0.2) is 0 Å². The Balaban J connectivity index is 3.07. The fourth-order valence-electron chi connectivity index (χ4n) is 1.86. The standard InChI is InChI=1S/C11H16N4S/c1-8-6-15(2)4-3-9(8)10(5-12)11(13)14-7-16/h7H,3-4,6,13H2,1-2H3,(H,14,16)/b11-10-. The maximum atomic E-state index is 9.14. The maximum Gasteiger partial charge on any atom is 0.119 e. The molecule has 3 N–H and O–H groups in total. The summed E-state index contributed by atoms with van der Waals surface area (Å²) in [6.07, 6.45) is 0.852. The monoisotopic (exact) mass is 236 g/mol. The zero-order chi connectivity index (χ0) is 12.1. The molecule has 1 aliphatic heterocycles. The van der Waals surface area contributed by atoms with Crippen LogP contribution in [0.3, 0.4) is 0 Å². The SMILES string of the molecule is CC1=C(/C(C#N)=C(/N)NC=S)CCN(C)C1. The number of nitrogens with zero attached hydrogens (tertiary/aromatic N) is 2. The minimum absolute atomic E-state index is 0.344. The van der Waals surface area contributed by atoms with Crippen LogP contribution in [-0.2, 0) is 0 Å². The van der Waals surface area contributed by atoms with Crippen molar-refractivity contribution in [3.63, 3.8) is 0 Å². The number of allylic oxidation sites excluding steroid dienone is 1. The van der Waals surface area contributed by atoms with Crippen LogP contribution < -0.4 is 11.1 Å². The molecule has 0 aromatic heterocycles. The summed E-state index contributed by atoms with van der Waals surface area (Å²) < 4.78 is 0. The molecule has 86 valence electrons. The first-order valence-electron chi connectivity index (χ1n) is 5.07. The molecule has 5 heteroatoms. The van der Waals surface area contributed by atoms with Crippen LogP contribution in [0.15, 0.2) is 22.5 Å². The van der Waals surface area contributed by atoms with Gasteiger partial charge in [0, 0.05) is 13.1 Å². The summed E-state index contributed by atoms with van der Waals surface area (Å²) in [5, 5.41) is 11.8. The zero-order valence-electron chi connectivity index (χ0n) is 9.58. The lowest BCUT2D eigenvalue weighted by Crippen LogP contribution is -2.29. The average Bonchev–Trinajstić information content (AvgIpc) is 2.22. The van der Waals surface area contributed by atoms with Gasteiger partial charge in [-0.1, -0.05) is 17.8 Å². The van der Waals surface area contributed by atoms with E-state index in [4.69, 9.17) is 11.0 Å². The normalized spacial score (nSPS) is 18.8. The van der Waals surface area contributed by atoms with Crippen molar-refractivity contribution in [2.45, 2.75) is 13.3 Å². The summed E-state index contributed by atoms with van der Waals surface area (Å²) >= 11 is 4.66. The van der Waals surface area contributed by atoms with Crippen LogP contribution in [-0.4, -0.2) is 30.5 Å². The van der Waals surface area contributed by atoms with Crippen LogP contribution in [0, 0.1) is 11.3 Å². The van der Waals surface area contributed by atoms with Gasteiger partial charge in [-0.15, -0.1) is 0 Å². The van der Waals surface area contributed by atoms with Crippen molar-refractivity contribution < 1.29 is 0 Å². The lowest BCUT2D eigenvalue weighted by Gasteiger charge is -2.26. The van der Waals surface area contributed by atoms with Crippen molar-refractivity contribution in [3.05, 3.63) is 22.5 Å². The fourth-order valence-corrected chi connectivity index (χ4v) is 1.99. The highest BCUT2D eigenvalue weighted by Gasteiger charge is 2.18. The second-order valence-electron chi connectivity index (χ2n) is 3.91. The Morgan fingerprint density at radius 2 is 2.38 bits per heavy atom. The van der Waals surface area contributed by atoms with Gasteiger partial charge in [-0.2, -0.15) is 5.26 Å². The predicted octanol–water partition coefficient (Wildman–Crippen LogP) is 0.879. The number of nitrogens with one attached hydrogen (secondary N) is 1. The summed E-state index contributed by atoms with van der Waals surface area (Å²) in [6, 6.07) is 2.15. The Hall–Kier alpha value is -1.38. The summed E-state index contributed by atoms with van der Waals surface area (Å²) in [6.45, 7) is 3.86. The molecule has 1 heterocycles. The molecule has 0 atom stereocenters. The second-order valence-corrected chi connectivity index (χ2v) is 4.15. The topological polar surface area (TPSA) is 65.1 Å². The molecule has 1 rings (SSSR count). The van der Waals surface area contributed by atoms with Crippen molar-refractivity contribution in [1.82, 2.24) is 10.2 Å². The molecular formula is C11H16N4S. The molecule has 0 aromatic carbocycles. The maximum absolute atomic E-state index is 9.14. The van der Waals surface area contributed by atoms with E-state index in [0.29, 0.717) is 11.4 Å². The van der Waals surface area contributed by atoms with E-state index >= 15 is 0 Å². The Bertz CT molecular complexity index is 389. The molecule has 0 saturated carbocycles. The number of likely N-dealkylation sites (N-methyl/N-ethyl adjacent to an activating group) is 1.